The summed E-state index contributed by atoms with van der Waals surface area (Å²) < 4.78 is 0. The zero-order valence-electron chi connectivity index (χ0n) is 21.4. The number of benzene rings is 1. The van der Waals surface area contributed by atoms with Crippen molar-refractivity contribution in [3.63, 3.8) is 0 Å². The van der Waals surface area contributed by atoms with E-state index in [9.17, 15) is 24.6 Å². The van der Waals surface area contributed by atoms with Gasteiger partial charge in [-0.1, -0.05) is 26.8 Å². The van der Waals surface area contributed by atoms with Crippen LogP contribution in [0.1, 0.15) is 90.8 Å². The van der Waals surface area contributed by atoms with Crippen LogP contribution in [-0.2, 0) is 28.1 Å². The summed E-state index contributed by atoms with van der Waals surface area (Å²) >= 11 is 0. The van der Waals surface area contributed by atoms with Gasteiger partial charge in [-0.15, -0.1) is 0 Å². The van der Waals surface area contributed by atoms with Gasteiger partial charge in [-0.05, 0) is 42.9 Å². The topological polar surface area (TPSA) is 135 Å². The molecule has 0 spiro atoms. The standard InChI is InChI=1S/C28H32N4O5/c1-28(2,3)19-11-17(10-18(25(19)35)13-32-21(27(36)37)8-9-23(32)34)22(33)14-31-12-16-6-7-20(15-4-5-15)30-24(16)26(31)29/h6-7,10-11,15,21,29,35H,4-5,8-9,12-14H2,1-3H3,(H,36,37). The molecular weight excluding hydrogens is 472 g/mol. The monoisotopic (exact) mass is 504 g/mol. The number of nitrogens with zero attached hydrogens (tertiary/aromatic N) is 3. The second kappa shape index (κ2) is 8.97. The Hall–Kier alpha value is -3.75. The van der Waals surface area contributed by atoms with Crippen molar-refractivity contribution in [2.24, 2.45) is 0 Å². The summed E-state index contributed by atoms with van der Waals surface area (Å²) in [6, 6.07) is 6.27. The molecule has 3 heterocycles. The second-order valence-corrected chi connectivity index (χ2v) is 11.3. The van der Waals surface area contributed by atoms with Gasteiger partial charge < -0.3 is 20.0 Å². The Morgan fingerprint density at radius 1 is 1.16 bits per heavy atom. The number of hydrogen-bond donors (Lipinski definition) is 3. The van der Waals surface area contributed by atoms with Crippen LogP contribution < -0.4 is 0 Å². The number of aromatic nitrogens is 1. The van der Waals surface area contributed by atoms with Crippen molar-refractivity contribution in [2.75, 3.05) is 6.54 Å². The summed E-state index contributed by atoms with van der Waals surface area (Å²) in [6.45, 7) is 6.05. The van der Waals surface area contributed by atoms with Crippen molar-refractivity contribution in [2.45, 2.75) is 76.9 Å². The molecule has 1 unspecified atom stereocenters. The molecule has 2 aromatic rings. The number of pyridine rings is 1. The highest BCUT2D eigenvalue weighted by atomic mass is 16.4. The molecule has 5 rings (SSSR count). The number of rotatable bonds is 7. The number of amidine groups is 1. The highest BCUT2D eigenvalue weighted by Gasteiger charge is 2.37. The highest BCUT2D eigenvalue weighted by molar-refractivity contribution is 6.04. The molecule has 3 aliphatic rings. The first-order valence-corrected chi connectivity index (χ1v) is 12.7. The van der Waals surface area contributed by atoms with E-state index in [0.717, 1.165) is 24.1 Å². The number of aliphatic carboxylic acids is 1. The summed E-state index contributed by atoms with van der Waals surface area (Å²) in [7, 11) is 0. The van der Waals surface area contributed by atoms with Gasteiger partial charge in [0.25, 0.3) is 0 Å². The fraction of sp³-hybridized carbons (Fsp3) is 0.464. The van der Waals surface area contributed by atoms with E-state index in [2.05, 4.69) is 4.98 Å². The van der Waals surface area contributed by atoms with Crippen LogP contribution in [0.5, 0.6) is 5.75 Å². The molecule has 9 nitrogen and oxygen atoms in total. The van der Waals surface area contributed by atoms with E-state index in [1.165, 1.54) is 4.90 Å². The van der Waals surface area contributed by atoms with Crippen LogP contribution in [-0.4, -0.2) is 61.1 Å². The minimum Gasteiger partial charge on any atom is -0.507 e. The third-order valence-corrected chi connectivity index (χ3v) is 7.50. The van der Waals surface area contributed by atoms with E-state index in [1.54, 1.807) is 17.0 Å². The Morgan fingerprint density at radius 3 is 2.54 bits per heavy atom. The van der Waals surface area contributed by atoms with Crippen molar-refractivity contribution in [3.05, 3.63) is 57.9 Å². The van der Waals surface area contributed by atoms with Crippen molar-refractivity contribution in [1.29, 1.82) is 5.41 Å². The second-order valence-electron chi connectivity index (χ2n) is 11.3. The van der Waals surface area contributed by atoms with E-state index in [0.29, 0.717) is 34.8 Å². The van der Waals surface area contributed by atoms with E-state index in [-0.39, 0.29) is 49.2 Å². The molecule has 37 heavy (non-hydrogen) atoms. The van der Waals surface area contributed by atoms with Gasteiger partial charge >= 0.3 is 5.97 Å². The van der Waals surface area contributed by atoms with Gasteiger partial charge in [0.05, 0.1) is 13.1 Å². The van der Waals surface area contributed by atoms with E-state index < -0.39 is 17.4 Å². The number of aromatic hydroxyl groups is 1. The average Bonchev–Trinajstić information content (AvgIpc) is 3.55. The number of carbonyl (C=O) groups excluding carboxylic acids is 2. The third-order valence-electron chi connectivity index (χ3n) is 7.50. The van der Waals surface area contributed by atoms with Gasteiger partial charge in [-0.3, -0.25) is 15.0 Å². The molecule has 2 aliphatic heterocycles. The lowest BCUT2D eigenvalue weighted by Gasteiger charge is -2.27. The first-order valence-electron chi connectivity index (χ1n) is 12.7. The molecule has 1 saturated heterocycles. The third kappa shape index (κ3) is 4.70. The molecular formula is C28H32N4O5. The molecule has 1 aromatic carbocycles. The fourth-order valence-corrected chi connectivity index (χ4v) is 5.20. The van der Waals surface area contributed by atoms with Crippen LogP contribution in [0.25, 0.3) is 0 Å². The van der Waals surface area contributed by atoms with Gasteiger partial charge in [-0.2, -0.15) is 0 Å². The van der Waals surface area contributed by atoms with E-state index in [4.69, 9.17) is 5.41 Å². The van der Waals surface area contributed by atoms with Crippen molar-refractivity contribution in [3.8, 4) is 5.75 Å². The summed E-state index contributed by atoms with van der Waals surface area (Å²) in [4.78, 5) is 45.2. The molecule has 194 valence electrons. The number of phenolic OH excluding ortho intramolecular Hbond substituents is 1. The first-order chi connectivity index (χ1) is 17.4. The Kier molecular flexibility index (Phi) is 6.04. The molecule has 1 aliphatic carbocycles. The van der Waals surface area contributed by atoms with Crippen molar-refractivity contribution < 1.29 is 24.6 Å². The number of hydrogen-bond acceptors (Lipinski definition) is 6. The summed E-state index contributed by atoms with van der Waals surface area (Å²) in [5.41, 5.74) is 3.30. The maximum atomic E-state index is 13.5. The maximum absolute atomic E-state index is 13.5. The van der Waals surface area contributed by atoms with Crippen LogP contribution in [0, 0.1) is 5.41 Å². The summed E-state index contributed by atoms with van der Waals surface area (Å²) in [5, 5.41) is 29.2. The van der Waals surface area contributed by atoms with Gasteiger partial charge in [0.2, 0.25) is 5.91 Å². The number of fused-ring (bicyclic) bond motifs is 1. The smallest absolute Gasteiger partial charge is 0.326 e. The number of likely N-dealkylation sites (tertiary alicyclic amines) is 1. The Morgan fingerprint density at radius 2 is 1.89 bits per heavy atom. The van der Waals surface area contributed by atoms with Crippen molar-refractivity contribution in [1.82, 2.24) is 14.8 Å². The van der Waals surface area contributed by atoms with Crippen LogP contribution in [0.4, 0.5) is 0 Å². The van der Waals surface area contributed by atoms with Crippen LogP contribution in [0.2, 0.25) is 0 Å². The number of carbonyl (C=O) groups is 3. The maximum Gasteiger partial charge on any atom is 0.326 e. The Balaban J connectivity index is 1.42. The lowest BCUT2D eigenvalue weighted by Crippen LogP contribution is -2.38. The molecule has 0 radical (unpaired) electrons. The molecule has 1 atom stereocenters. The van der Waals surface area contributed by atoms with Crippen LogP contribution >= 0.6 is 0 Å². The van der Waals surface area contributed by atoms with Gasteiger partial charge in [0.15, 0.2) is 5.78 Å². The number of phenols is 1. The van der Waals surface area contributed by atoms with Crippen LogP contribution in [0.15, 0.2) is 24.3 Å². The highest BCUT2D eigenvalue weighted by Crippen LogP contribution is 2.40. The van der Waals surface area contributed by atoms with E-state index in [1.807, 2.05) is 32.9 Å². The number of nitrogens with one attached hydrogen (secondary N) is 1. The Labute approximate surface area is 215 Å². The largest absolute Gasteiger partial charge is 0.507 e. The fourth-order valence-electron chi connectivity index (χ4n) is 5.20. The SMILES string of the molecule is CC(C)(C)c1cc(C(=O)CN2Cc3ccc(C4CC4)nc3C2=N)cc(CN2C(=O)CCC2C(=O)O)c1O. The quantitative estimate of drug-likeness (QED) is 0.491. The van der Waals surface area contributed by atoms with Gasteiger partial charge in [0, 0.05) is 46.8 Å². The number of carboxylic acid groups (broad SMARTS) is 1. The number of carboxylic acids is 1. The number of Topliss-reactive ketones (excluding diaryl/α,β-unsaturated/α-hetero) is 1. The summed E-state index contributed by atoms with van der Waals surface area (Å²) in [6.07, 6.45) is 2.60. The lowest BCUT2D eigenvalue weighted by atomic mass is 9.83. The van der Waals surface area contributed by atoms with Crippen molar-refractivity contribution >= 4 is 23.5 Å². The Bertz CT molecular complexity index is 1320. The molecule has 3 N–H and O–H groups in total. The molecule has 1 saturated carbocycles. The van der Waals surface area contributed by atoms with Gasteiger partial charge in [-0.25, -0.2) is 9.78 Å². The lowest BCUT2D eigenvalue weighted by molar-refractivity contribution is -0.146. The summed E-state index contributed by atoms with van der Waals surface area (Å²) in [5.74, 6) is -0.933. The average molecular weight is 505 g/mol. The van der Waals surface area contributed by atoms with E-state index >= 15 is 0 Å². The zero-order valence-corrected chi connectivity index (χ0v) is 21.4. The minimum absolute atomic E-state index is 0.0256. The molecule has 1 aromatic heterocycles. The number of amides is 1. The molecule has 9 heteroatoms. The first kappa shape index (κ1) is 24.9. The van der Waals surface area contributed by atoms with Gasteiger partial charge in [0.1, 0.15) is 23.3 Å². The molecule has 2 fully saturated rings. The predicted molar refractivity (Wildman–Crippen MR) is 136 cm³/mol. The molecule has 1 amide bonds. The molecule has 0 bridgehead atoms. The zero-order chi connectivity index (χ0) is 26.6. The predicted octanol–water partition coefficient (Wildman–Crippen LogP) is 3.56. The minimum atomic E-state index is -1.08. The number of ketones is 1. The van der Waals surface area contributed by atoms with Crippen LogP contribution in [0.3, 0.4) is 0 Å². The normalized spacial score (nSPS) is 19.5.